The zero-order chi connectivity index (χ0) is 16.6. The van der Waals surface area contributed by atoms with E-state index in [1.807, 2.05) is 38.1 Å². The van der Waals surface area contributed by atoms with E-state index >= 15 is 0 Å². The van der Waals surface area contributed by atoms with Crippen LogP contribution in [0.1, 0.15) is 34.1 Å². The molecule has 3 aliphatic rings. The smallest absolute Gasteiger partial charge is 0.315 e. The molecule has 0 unspecified atom stereocenters. The standard InChI is InChI=1S/C20H16O4/c1-9-3-5-13-11(7-9)15-16-12-8-10(2)4-6-14(12)24-20(22)18(16)17(15)19(21)23-13/h3-8,15-18H,1-2H3/t15-,16-,17-,18-/m0/s1. The lowest BCUT2D eigenvalue weighted by molar-refractivity contribution is -0.165. The Labute approximate surface area is 139 Å². The molecule has 1 aliphatic carbocycles. The van der Waals surface area contributed by atoms with Crippen molar-refractivity contribution in [3.8, 4) is 11.5 Å². The van der Waals surface area contributed by atoms with Crippen molar-refractivity contribution < 1.29 is 19.1 Å². The second-order valence-corrected chi connectivity index (χ2v) is 7.03. The zero-order valence-corrected chi connectivity index (χ0v) is 13.4. The van der Waals surface area contributed by atoms with Gasteiger partial charge in [0.1, 0.15) is 11.5 Å². The van der Waals surface area contributed by atoms with Crippen LogP contribution in [0, 0.1) is 25.7 Å². The Morgan fingerprint density at radius 3 is 1.50 bits per heavy atom. The maximum atomic E-state index is 12.5. The van der Waals surface area contributed by atoms with Crippen molar-refractivity contribution in [3.05, 3.63) is 58.7 Å². The van der Waals surface area contributed by atoms with Crippen molar-refractivity contribution >= 4 is 11.9 Å². The summed E-state index contributed by atoms with van der Waals surface area (Å²) in [7, 11) is 0. The molecule has 0 radical (unpaired) electrons. The molecule has 0 aromatic heterocycles. The number of rotatable bonds is 0. The van der Waals surface area contributed by atoms with E-state index < -0.39 is 11.8 Å². The Bertz CT molecular complexity index is 838. The van der Waals surface area contributed by atoms with Gasteiger partial charge >= 0.3 is 11.9 Å². The Morgan fingerprint density at radius 2 is 1.08 bits per heavy atom. The van der Waals surface area contributed by atoms with Crippen LogP contribution in [0.15, 0.2) is 36.4 Å². The summed E-state index contributed by atoms with van der Waals surface area (Å²) in [5, 5.41) is 0. The minimum atomic E-state index is -0.439. The highest BCUT2D eigenvalue weighted by Crippen LogP contribution is 2.64. The molecule has 0 spiro atoms. The number of fused-ring (bicyclic) bond motifs is 8. The normalized spacial score (nSPS) is 29.2. The maximum absolute atomic E-state index is 12.5. The number of benzene rings is 2. The fraction of sp³-hybridized carbons (Fsp3) is 0.300. The summed E-state index contributed by atoms with van der Waals surface area (Å²) in [5.74, 6) is -0.289. The summed E-state index contributed by atoms with van der Waals surface area (Å²) in [4.78, 5) is 24.9. The molecule has 2 aromatic rings. The van der Waals surface area contributed by atoms with Crippen molar-refractivity contribution in [3.63, 3.8) is 0 Å². The van der Waals surface area contributed by atoms with Crippen molar-refractivity contribution in [1.82, 2.24) is 0 Å². The van der Waals surface area contributed by atoms with Gasteiger partial charge in [-0.25, -0.2) is 0 Å². The molecule has 4 nitrogen and oxygen atoms in total. The quantitative estimate of drug-likeness (QED) is 0.552. The summed E-state index contributed by atoms with van der Waals surface area (Å²) in [6.07, 6.45) is 0. The number of esters is 2. The van der Waals surface area contributed by atoms with Gasteiger partial charge in [0.05, 0.1) is 11.8 Å². The predicted octanol–water partition coefficient (Wildman–Crippen LogP) is 3.25. The number of ether oxygens (including phenoxy) is 2. The van der Waals surface area contributed by atoms with Crippen LogP contribution >= 0.6 is 0 Å². The second-order valence-electron chi connectivity index (χ2n) is 7.03. The third-order valence-electron chi connectivity index (χ3n) is 5.56. The molecular formula is C20H16O4. The van der Waals surface area contributed by atoms with Crippen LogP contribution in [0.2, 0.25) is 0 Å². The number of aryl methyl sites for hydroxylation is 2. The van der Waals surface area contributed by atoms with Gasteiger partial charge in [-0.1, -0.05) is 35.4 Å². The second kappa shape index (κ2) is 4.47. The number of carbonyl (C=O) groups is 2. The summed E-state index contributed by atoms with van der Waals surface area (Å²) in [6, 6.07) is 11.7. The highest BCUT2D eigenvalue weighted by Gasteiger charge is 2.64. The zero-order valence-electron chi connectivity index (χ0n) is 13.4. The highest BCUT2D eigenvalue weighted by atomic mass is 16.5. The van der Waals surface area contributed by atoms with E-state index in [-0.39, 0.29) is 23.8 Å². The van der Waals surface area contributed by atoms with Gasteiger partial charge in [-0.3, -0.25) is 9.59 Å². The summed E-state index contributed by atoms with van der Waals surface area (Å²) in [6.45, 7) is 4.05. The average Bonchev–Trinajstić information content (AvgIpc) is 2.50. The Balaban J connectivity index is 1.71. The number of hydrogen-bond acceptors (Lipinski definition) is 4. The van der Waals surface area contributed by atoms with Crippen LogP contribution in [0.3, 0.4) is 0 Å². The first-order chi connectivity index (χ1) is 11.5. The van der Waals surface area contributed by atoms with Crippen molar-refractivity contribution in [2.24, 2.45) is 11.8 Å². The molecule has 1 fully saturated rings. The van der Waals surface area contributed by atoms with Crippen LogP contribution in [-0.2, 0) is 9.59 Å². The molecule has 2 aromatic carbocycles. The van der Waals surface area contributed by atoms with Gasteiger partial charge in [-0.15, -0.1) is 0 Å². The monoisotopic (exact) mass is 320 g/mol. The lowest BCUT2D eigenvalue weighted by Gasteiger charge is -2.53. The van der Waals surface area contributed by atoms with Gasteiger partial charge < -0.3 is 9.47 Å². The number of carbonyl (C=O) groups excluding carboxylic acids is 2. The largest absolute Gasteiger partial charge is 0.426 e. The van der Waals surface area contributed by atoms with Gasteiger partial charge in [-0.2, -0.15) is 0 Å². The SMILES string of the molecule is Cc1ccc2c(c1)[C@@H]1[C@H](C(=O)O2)[C@H]2C(=O)Oc3ccc(C)cc3[C@H]21. The van der Waals surface area contributed by atoms with E-state index in [2.05, 4.69) is 12.1 Å². The summed E-state index contributed by atoms with van der Waals surface area (Å²) in [5.41, 5.74) is 4.31. The van der Waals surface area contributed by atoms with Gasteiger partial charge in [0.25, 0.3) is 0 Å². The molecule has 4 atom stereocenters. The molecule has 0 saturated heterocycles. The Kier molecular flexibility index (Phi) is 2.57. The van der Waals surface area contributed by atoms with E-state index in [0.29, 0.717) is 11.5 Å². The topological polar surface area (TPSA) is 52.6 Å². The fourth-order valence-electron chi connectivity index (χ4n) is 4.50. The third-order valence-corrected chi connectivity index (χ3v) is 5.56. The van der Waals surface area contributed by atoms with Crippen molar-refractivity contribution in [2.75, 3.05) is 0 Å². The summed E-state index contributed by atoms with van der Waals surface area (Å²) >= 11 is 0. The molecule has 24 heavy (non-hydrogen) atoms. The lowest BCUT2D eigenvalue weighted by atomic mass is 9.51. The van der Waals surface area contributed by atoms with Gasteiger partial charge in [0.15, 0.2) is 0 Å². The van der Waals surface area contributed by atoms with E-state index in [4.69, 9.17) is 9.47 Å². The van der Waals surface area contributed by atoms with E-state index in [0.717, 1.165) is 22.3 Å². The molecule has 1 saturated carbocycles. The molecule has 0 amide bonds. The molecule has 0 N–H and O–H groups in total. The van der Waals surface area contributed by atoms with Crippen LogP contribution in [0.4, 0.5) is 0 Å². The lowest BCUT2D eigenvalue weighted by Crippen LogP contribution is -2.57. The summed E-state index contributed by atoms with van der Waals surface area (Å²) < 4.78 is 11.0. The minimum absolute atomic E-state index is 0.0143. The van der Waals surface area contributed by atoms with Gasteiger partial charge in [0, 0.05) is 11.8 Å². The molecular weight excluding hydrogens is 304 g/mol. The Morgan fingerprint density at radius 1 is 0.667 bits per heavy atom. The maximum Gasteiger partial charge on any atom is 0.315 e. The molecule has 5 rings (SSSR count). The van der Waals surface area contributed by atoms with E-state index in [1.54, 1.807) is 0 Å². The molecule has 2 aliphatic heterocycles. The Hall–Kier alpha value is -2.62. The van der Waals surface area contributed by atoms with E-state index in [9.17, 15) is 9.59 Å². The first-order valence-corrected chi connectivity index (χ1v) is 8.19. The molecule has 2 heterocycles. The first kappa shape index (κ1) is 13.8. The van der Waals surface area contributed by atoms with Crippen LogP contribution in [-0.4, -0.2) is 11.9 Å². The molecule has 4 heteroatoms. The fourth-order valence-corrected chi connectivity index (χ4v) is 4.50. The van der Waals surface area contributed by atoms with Gasteiger partial charge in [0.2, 0.25) is 0 Å². The molecule has 0 bridgehead atoms. The van der Waals surface area contributed by atoms with Crippen molar-refractivity contribution in [2.45, 2.75) is 25.7 Å². The van der Waals surface area contributed by atoms with Gasteiger partial charge in [-0.05, 0) is 37.1 Å². The highest BCUT2D eigenvalue weighted by molar-refractivity contribution is 5.92. The van der Waals surface area contributed by atoms with Crippen LogP contribution < -0.4 is 9.47 Å². The van der Waals surface area contributed by atoms with Crippen LogP contribution in [0.5, 0.6) is 11.5 Å². The average molecular weight is 320 g/mol. The van der Waals surface area contributed by atoms with Crippen LogP contribution in [0.25, 0.3) is 0 Å². The number of hydrogen-bond donors (Lipinski definition) is 0. The minimum Gasteiger partial charge on any atom is -0.426 e. The van der Waals surface area contributed by atoms with Crippen molar-refractivity contribution in [1.29, 1.82) is 0 Å². The third kappa shape index (κ3) is 1.63. The van der Waals surface area contributed by atoms with E-state index in [1.165, 1.54) is 0 Å². The first-order valence-electron chi connectivity index (χ1n) is 8.19. The predicted molar refractivity (Wildman–Crippen MR) is 86.1 cm³/mol. The molecule has 120 valence electrons.